The van der Waals surface area contributed by atoms with Crippen LogP contribution in [0.5, 0.6) is 0 Å². The second kappa shape index (κ2) is 6.30. The van der Waals surface area contributed by atoms with Crippen LogP contribution in [0.2, 0.25) is 0 Å². The lowest BCUT2D eigenvalue weighted by Crippen LogP contribution is -2.30. The van der Waals surface area contributed by atoms with Crippen molar-refractivity contribution in [1.82, 2.24) is 9.78 Å². The number of benzene rings is 1. The first kappa shape index (κ1) is 15.4. The molecular formula is C18H16N2O2S. The van der Waals surface area contributed by atoms with E-state index in [2.05, 4.69) is 5.10 Å². The van der Waals surface area contributed by atoms with Crippen molar-refractivity contribution in [3.8, 4) is 10.6 Å². The predicted molar refractivity (Wildman–Crippen MR) is 92.0 cm³/mol. The van der Waals surface area contributed by atoms with Crippen LogP contribution in [0.25, 0.3) is 10.6 Å². The molecule has 0 aliphatic carbocycles. The summed E-state index contributed by atoms with van der Waals surface area (Å²) in [5.74, 6) is -0.122. The number of thiophene rings is 1. The molecule has 0 fully saturated rings. The Morgan fingerprint density at radius 1 is 1.13 bits per heavy atom. The number of carbonyl (C=O) groups excluding carboxylic acids is 1. The van der Waals surface area contributed by atoms with E-state index in [4.69, 9.17) is 0 Å². The molecule has 2 heterocycles. The van der Waals surface area contributed by atoms with Crippen LogP contribution in [0.1, 0.15) is 28.9 Å². The van der Waals surface area contributed by atoms with Gasteiger partial charge in [-0.25, -0.2) is 4.68 Å². The molecule has 0 saturated heterocycles. The van der Waals surface area contributed by atoms with E-state index in [0.717, 1.165) is 10.4 Å². The maximum atomic E-state index is 12.6. The third-order valence-corrected chi connectivity index (χ3v) is 4.57. The van der Waals surface area contributed by atoms with E-state index in [9.17, 15) is 9.59 Å². The van der Waals surface area contributed by atoms with Gasteiger partial charge in [0, 0.05) is 11.6 Å². The van der Waals surface area contributed by atoms with E-state index < -0.39 is 6.04 Å². The van der Waals surface area contributed by atoms with Gasteiger partial charge >= 0.3 is 0 Å². The van der Waals surface area contributed by atoms with Gasteiger partial charge in [0.2, 0.25) is 0 Å². The number of ketones is 1. The van der Waals surface area contributed by atoms with Crippen molar-refractivity contribution >= 4 is 17.1 Å². The molecule has 0 radical (unpaired) electrons. The standard InChI is InChI=1S/C18H16N2O2S/c1-12-5-7-14(8-6-12)18(22)13(2)20-17(21)10-9-15(19-20)16-4-3-11-23-16/h3-11,13H,1-2H3/t13-/m0/s1. The molecule has 0 unspecified atom stereocenters. The lowest BCUT2D eigenvalue weighted by Gasteiger charge is -2.13. The lowest BCUT2D eigenvalue weighted by molar-refractivity contribution is 0.0925. The predicted octanol–water partition coefficient (Wildman–Crippen LogP) is 3.72. The number of rotatable bonds is 4. The van der Waals surface area contributed by atoms with Crippen molar-refractivity contribution in [2.45, 2.75) is 19.9 Å². The molecule has 116 valence electrons. The molecule has 1 aromatic carbocycles. The number of hydrogen-bond acceptors (Lipinski definition) is 4. The van der Waals surface area contributed by atoms with Gasteiger partial charge in [-0.05, 0) is 31.4 Å². The summed E-state index contributed by atoms with van der Waals surface area (Å²) in [7, 11) is 0. The molecule has 2 aromatic heterocycles. The van der Waals surface area contributed by atoms with Crippen LogP contribution in [0.4, 0.5) is 0 Å². The van der Waals surface area contributed by atoms with Crippen molar-refractivity contribution in [3.63, 3.8) is 0 Å². The summed E-state index contributed by atoms with van der Waals surface area (Å²) in [6.45, 7) is 3.67. The summed E-state index contributed by atoms with van der Waals surface area (Å²) < 4.78 is 1.26. The van der Waals surface area contributed by atoms with Gasteiger partial charge in [0.1, 0.15) is 11.7 Å². The molecule has 0 saturated carbocycles. The van der Waals surface area contributed by atoms with Crippen LogP contribution in [-0.4, -0.2) is 15.6 Å². The summed E-state index contributed by atoms with van der Waals surface area (Å²) in [6, 6.07) is 13.7. The van der Waals surface area contributed by atoms with Crippen molar-refractivity contribution in [2.75, 3.05) is 0 Å². The number of aromatic nitrogens is 2. The fourth-order valence-electron chi connectivity index (χ4n) is 2.33. The van der Waals surface area contributed by atoms with Gasteiger partial charge < -0.3 is 0 Å². The van der Waals surface area contributed by atoms with Crippen LogP contribution in [0, 0.1) is 6.92 Å². The minimum atomic E-state index is -0.648. The summed E-state index contributed by atoms with van der Waals surface area (Å²) in [6.07, 6.45) is 0. The normalized spacial score (nSPS) is 12.1. The largest absolute Gasteiger partial charge is 0.292 e. The number of carbonyl (C=O) groups is 1. The third-order valence-electron chi connectivity index (χ3n) is 3.68. The number of hydrogen-bond donors (Lipinski definition) is 0. The van der Waals surface area contributed by atoms with E-state index >= 15 is 0 Å². The van der Waals surface area contributed by atoms with Gasteiger partial charge in [0.25, 0.3) is 5.56 Å². The molecule has 3 rings (SSSR count). The highest BCUT2D eigenvalue weighted by Crippen LogP contribution is 2.22. The Kier molecular flexibility index (Phi) is 4.21. The summed E-state index contributed by atoms with van der Waals surface area (Å²) >= 11 is 1.55. The second-order valence-electron chi connectivity index (χ2n) is 5.38. The van der Waals surface area contributed by atoms with Crippen LogP contribution >= 0.6 is 11.3 Å². The Morgan fingerprint density at radius 2 is 1.87 bits per heavy atom. The van der Waals surface area contributed by atoms with E-state index in [1.165, 1.54) is 10.7 Å². The zero-order chi connectivity index (χ0) is 16.4. The summed E-state index contributed by atoms with van der Waals surface area (Å²) in [4.78, 5) is 25.7. The summed E-state index contributed by atoms with van der Waals surface area (Å²) in [5, 5.41) is 6.32. The van der Waals surface area contributed by atoms with Gasteiger partial charge in [-0.2, -0.15) is 5.10 Å². The Bertz CT molecular complexity index is 880. The highest BCUT2D eigenvalue weighted by Gasteiger charge is 2.19. The first-order valence-corrected chi connectivity index (χ1v) is 8.19. The van der Waals surface area contributed by atoms with Crippen molar-refractivity contribution in [2.24, 2.45) is 0 Å². The zero-order valence-corrected chi connectivity index (χ0v) is 13.7. The van der Waals surface area contributed by atoms with E-state index in [-0.39, 0.29) is 11.3 Å². The molecule has 0 N–H and O–H groups in total. The Labute approximate surface area is 138 Å². The van der Waals surface area contributed by atoms with Gasteiger partial charge in [-0.15, -0.1) is 11.3 Å². The Hall–Kier alpha value is -2.53. The van der Waals surface area contributed by atoms with Crippen LogP contribution in [0.3, 0.4) is 0 Å². The van der Waals surface area contributed by atoms with Gasteiger partial charge in [0.15, 0.2) is 5.78 Å². The molecule has 0 bridgehead atoms. The first-order chi connectivity index (χ1) is 11.1. The first-order valence-electron chi connectivity index (χ1n) is 7.31. The minimum absolute atomic E-state index is 0.122. The van der Waals surface area contributed by atoms with E-state index in [1.54, 1.807) is 36.5 Å². The SMILES string of the molecule is Cc1ccc(C(=O)[C@H](C)n2nc(-c3cccs3)ccc2=O)cc1. The summed E-state index contributed by atoms with van der Waals surface area (Å²) in [5.41, 5.74) is 2.09. The molecular weight excluding hydrogens is 308 g/mol. The second-order valence-corrected chi connectivity index (χ2v) is 6.33. The number of nitrogens with zero attached hydrogens (tertiary/aromatic N) is 2. The molecule has 4 nitrogen and oxygen atoms in total. The highest BCUT2D eigenvalue weighted by atomic mass is 32.1. The smallest absolute Gasteiger partial charge is 0.267 e. The van der Waals surface area contributed by atoms with Gasteiger partial charge in [-0.3, -0.25) is 9.59 Å². The molecule has 1 atom stereocenters. The van der Waals surface area contributed by atoms with Crippen LogP contribution in [-0.2, 0) is 0 Å². The number of aryl methyl sites for hydroxylation is 1. The average Bonchev–Trinajstić information content (AvgIpc) is 3.09. The fraction of sp³-hybridized carbons (Fsp3) is 0.167. The topological polar surface area (TPSA) is 52.0 Å². The highest BCUT2D eigenvalue weighted by molar-refractivity contribution is 7.13. The maximum Gasteiger partial charge on any atom is 0.267 e. The minimum Gasteiger partial charge on any atom is -0.292 e. The number of Topliss-reactive ketones (excluding diaryl/α,β-unsaturated/α-hetero) is 1. The quantitative estimate of drug-likeness (QED) is 0.687. The Balaban J connectivity index is 1.97. The van der Waals surface area contributed by atoms with Crippen molar-refractivity contribution in [1.29, 1.82) is 0 Å². The maximum absolute atomic E-state index is 12.6. The monoisotopic (exact) mass is 324 g/mol. The zero-order valence-electron chi connectivity index (χ0n) is 12.9. The molecule has 5 heteroatoms. The van der Waals surface area contributed by atoms with E-state index in [0.29, 0.717) is 11.3 Å². The molecule has 0 aliphatic heterocycles. The average molecular weight is 324 g/mol. The molecule has 23 heavy (non-hydrogen) atoms. The molecule has 0 aliphatic rings. The third kappa shape index (κ3) is 3.14. The van der Waals surface area contributed by atoms with Crippen LogP contribution in [0.15, 0.2) is 58.7 Å². The van der Waals surface area contributed by atoms with E-state index in [1.807, 2.05) is 36.6 Å². The van der Waals surface area contributed by atoms with Crippen molar-refractivity contribution < 1.29 is 4.79 Å². The molecule has 0 amide bonds. The van der Waals surface area contributed by atoms with Crippen molar-refractivity contribution in [3.05, 3.63) is 75.4 Å². The molecule has 3 aromatic rings. The molecule has 0 spiro atoms. The van der Waals surface area contributed by atoms with Gasteiger partial charge in [0.05, 0.1) is 4.88 Å². The fourth-order valence-corrected chi connectivity index (χ4v) is 3.02. The van der Waals surface area contributed by atoms with Crippen LogP contribution < -0.4 is 5.56 Å². The van der Waals surface area contributed by atoms with Gasteiger partial charge in [-0.1, -0.05) is 35.9 Å². The lowest BCUT2D eigenvalue weighted by atomic mass is 10.0. The Morgan fingerprint density at radius 3 is 2.52 bits per heavy atom.